The van der Waals surface area contributed by atoms with E-state index in [4.69, 9.17) is 5.73 Å². The van der Waals surface area contributed by atoms with Gasteiger partial charge in [-0.25, -0.2) is 0 Å². The molecular formula is C9H10N2O2. The van der Waals surface area contributed by atoms with Gasteiger partial charge >= 0.3 is 0 Å². The highest BCUT2D eigenvalue weighted by Crippen LogP contribution is 2.12. The monoisotopic (exact) mass is 178 g/mol. The second-order valence-electron chi connectivity index (χ2n) is 2.70. The van der Waals surface area contributed by atoms with Crippen molar-refractivity contribution >= 4 is 11.7 Å². The molecular weight excluding hydrogens is 168 g/mol. The number of hydrogen-bond donors (Lipinski definition) is 1. The molecule has 0 fully saturated rings. The van der Waals surface area contributed by atoms with Crippen LogP contribution < -0.4 is 5.73 Å². The summed E-state index contributed by atoms with van der Waals surface area (Å²) in [5, 5.41) is 0. The Morgan fingerprint density at radius 3 is 2.54 bits per heavy atom. The van der Waals surface area contributed by atoms with Crippen molar-refractivity contribution in [2.75, 3.05) is 0 Å². The van der Waals surface area contributed by atoms with Crippen LogP contribution in [0.5, 0.6) is 0 Å². The lowest BCUT2D eigenvalue weighted by atomic mass is 10.00. The molecule has 0 saturated carbocycles. The lowest BCUT2D eigenvalue weighted by Gasteiger charge is -2.07. The SMILES string of the molecule is CC(=O)C(C(N)=O)c1ccccn1. The molecule has 1 aromatic heterocycles. The molecule has 1 amide bonds. The Bertz CT molecular complexity index is 308. The van der Waals surface area contributed by atoms with E-state index in [9.17, 15) is 9.59 Å². The second kappa shape index (κ2) is 3.80. The summed E-state index contributed by atoms with van der Waals surface area (Å²) in [5.74, 6) is -1.86. The summed E-state index contributed by atoms with van der Waals surface area (Å²) in [4.78, 5) is 25.8. The van der Waals surface area contributed by atoms with Gasteiger partial charge < -0.3 is 5.73 Å². The van der Waals surface area contributed by atoms with Gasteiger partial charge in [-0.1, -0.05) is 6.07 Å². The van der Waals surface area contributed by atoms with Crippen LogP contribution in [0.15, 0.2) is 24.4 Å². The minimum atomic E-state index is -0.916. The van der Waals surface area contributed by atoms with E-state index in [1.54, 1.807) is 18.2 Å². The maximum atomic E-state index is 11.0. The van der Waals surface area contributed by atoms with E-state index in [0.29, 0.717) is 5.69 Å². The summed E-state index contributed by atoms with van der Waals surface area (Å²) in [6.45, 7) is 1.32. The molecule has 0 aliphatic heterocycles. The van der Waals surface area contributed by atoms with Crippen LogP contribution in [-0.2, 0) is 9.59 Å². The van der Waals surface area contributed by atoms with E-state index < -0.39 is 11.8 Å². The fraction of sp³-hybridized carbons (Fsp3) is 0.222. The first-order chi connectivity index (χ1) is 6.13. The quantitative estimate of drug-likeness (QED) is 0.674. The highest BCUT2D eigenvalue weighted by Gasteiger charge is 2.23. The highest BCUT2D eigenvalue weighted by atomic mass is 16.2. The summed E-state index contributed by atoms with van der Waals surface area (Å²) < 4.78 is 0. The van der Waals surface area contributed by atoms with Crippen molar-refractivity contribution in [3.63, 3.8) is 0 Å². The predicted octanol–water partition coefficient (Wildman–Crippen LogP) is 0.239. The number of aromatic nitrogens is 1. The van der Waals surface area contributed by atoms with Crippen molar-refractivity contribution in [2.24, 2.45) is 5.73 Å². The minimum absolute atomic E-state index is 0.286. The first-order valence-electron chi connectivity index (χ1n) is 3.83. The summed E-state index contributed by atoms with van der Waals surface area (Å²) in [6, 6.07) is 5.03. The van der Waals surface area contributed by atoms with Crippen LogP contribution in [-0.4, -0.2) is 16.7 Å². The van der Waals surface area contributed by atoms with Gasteiger partial charge in [0.1, 0.15) is 11.7 Å². The molecule has 0 aliphatic carbocycles. The van der Waals surface area contributed by atoms with Gasteiger partial charge in [-0.15, -0.1) is 0 Å². The van der Waals surface area contributed by atoms with Crippen molar-refractivity contribution in [1.29, 1.82) is 0 Å². The van der Waals surface area contributed by atoms with E-state index in [1.807, 2.05) is 0 Å². The number of Topliss-reactive ketones (excluding diaryl/α,β-unsaturated/α-hetero) is 1. The van der Waals surface area contributed by atoms with Crippen LogP contribution >= 0.6 is 0 Å². The molecule has 1 unspecified atom stereocenters. The Hall–Kier alpha value is -1.71. The van der Waals surface area contributed by atoms with Gasteiger partial charge in [0, 0.05) is 6.20 Å². The number of nitrogens with two attached hydrogens (primary N) is 1. The minimum Gasteiger partial charge on any atom is -0.369 e. The van der Waals surface area contributed by atoms with Crippen LogP contribution in [0.3, 0.4) is 0 Å². The fourth-order valence-electron chi connectivity index (χ4n) is 1.10. The van der Waals surface area contributed by atoms with E-state index in [0.717, 1.165) is 0 Å². The average molecular weight is 178 g/mol. The molecule has 0 saturated heterocycles. The molecule has 1 rings (SSSR count). The number of rotatable bonds is 3. The Labute approximate surface area is 75.8 Å². The molecule has 1 aromatic rings. The molecule has 1 atom stereocenters. The van der Waals surface area contributed by atoms with Crippen LogP contribution in [0.2, 0.25) is 0 Å². The van der Waals surface area contributed by atoms with Crippen molar-refractivity contribution in [3.8, 4) is 0 Å². The Kier molecular flexibility index (Phi) is 2.74. The molecule has 0 spiro atoms. The number of hydrogen-bond acceptors (Lipinski definition) is 3. The van der Waals surface area contributed by atoms with Gasteiger partial charge in [0.25, 0.3) is 0 Å². The van der Waals surface area contributed by atoms with Crippen molar-refractivity contribution in [1.82, 2.24) is 4.98 Å². The Morgan fingerprint density at radius 2 is 2.15 bits per heavy atom. The molecule has 1 heterocycles. The van der Waals surface area contributed by atoms with Gasteiger partial charge in [0.2, 0.25) is 5.91 Å². The largest absolute Gasteiger partial charge is 0.369 e. The molecule has 0 aromatic carbocycles. The number of amides is 1. The van der Waals surface area contributed by atoms with Gasteiger partial charge in [-0.3, -0.25) is 14.6 Å². The predicted molar refractivity (Wildman–Crippen MR) is 46.9 cm³/mol. The second-order valence-corrected chi connectivity index (χ2v) is 2.70. The Balaban J connectivity index is 3.03. The summed E-state index contributed by atoms with van der Waals surface area (Å²) in [7, 11) is 0. The molecule has 0 radical (unpaired) electrons. The Morgan fingerprint density at radius 1 is 1.46 bits per heavy atom. The van der Waals surface area contributed by atoms with Crippen molar-refractivity contribution < 1.29 is 9.59 Å². The molecule has 68 valence electrons. The maximum Gasteiger partial charge on any atom is 0.234 e. The van der Waals surface area contributed by atoms with Crippen LogP contribution in [0.4, 0.5) is 0 Å². The number of pyridine rings is 1. The first-order valence-corrected chi connectivity index (χ1v) is 3.83. The van der Waals surface area contributed by atoms with Crippen LogP contribution in [0.25, 0.3) is 0 Å². The third kappa shape index (κ3) is 2.11. The fourth-order valence-corrected chi connectivity index (χ4v) is 1.10. The topological polar surface area (TPSA) is 73.1 Å². The molecule has 0 aliphatic rings. The number of carbonyl (C=O) groups is 2. The average Bonchev–Trinajstić information content (AvgIpc) is 2.04. The number of primary amides is 1. The lowest BCUT2D eigenvalue weighted by Crippen LogP contribution is -2.27. The lowest BCUT2D eigenvalue weighted by molar-refractivity contribution is -0.127. The van der Waals surface area contributed by atoms with Gasteiger partial charge in [-0.05, 0) is 19.1 Å². The van der Waals surface area contributed by atoms with E-state index in [2.05, 4.69) is 4.98 Å². The first kappa shape index (κ1) is 9.38. The standard InChI is InChI=1S/C9H10N2O2/c1-6(12)8(9(10)13)7-4-2-3-5-11-7/h2-5,8H,1H3,(H2,10,13). The van der Waals surface area contributed by atoms with E-state index in [-0.39, 0.29) is 5.78 Å². The maximum absolute atomic E-state index is 11.0. The van der Waals surface area contributed by atoms with E-state index in [1.165, 1.54) is 13.1 Å². The molecule has 4 heteroatoms. The zero-order valence-corrected chi connectivity index (χ0v) is 7.23. The van der Waals surface area contributed by atoms with Gasteiger partial charge in [-0.2, -0.15) is 0 Å². The number of nitrogens with zero attached hydrogens (tertiary/aromatic N) is 1. The van der Waals surface area contributed by atoms with Crippen LogP contribution in [0.1, 0.15) is 18.5 Å². The molecule has 13 heavy (non-hydrogen) atoms. The van der Waals surface area contributed by atoms with Crippen molar-refractivity contribution in [2.45, 2.75) is 12.8 Å². The summed E-state index contributed by atoms with van der Waals surface area (Å²) >= 11 is 0. The smallest absolute Gasteiger partial charge is 0.234 e. The molecule has 2 N–H and O–H groups in total. The van der Waals surface area contributed by atoms with Gasteiger partial charge in [0.05, 0.1) is 5.69 Å². The molecule has 0 bridgehead atoms. The zero-order chi connectivity index (χ0) is 9.84. The summed E-state index contributed by atoms with van der Waals surface area (Å²) in [5.41, 5.74) is 5.47. The number of carbonyl (C=O) groups excluding carboxylic acids is 2. The van der Waals surface area contributed by atoms with Crippen molar-refractivity contribution in [3.05, 3.63) is 30.1 Å². The number of ketones is 1. The zero-order valence-electron chi connectivity index (χ0n) is 7.23. The highest BCUT2D eigenvalue weighted by molar-refractivity contribution is 6.04. The normalized spacial score (nSPS) is 12.1. The van der Waals surface area contributed by atoms with E-state index >= 15 is 0 Å². The van der Waals surface area contributed by atoms with Gasteiger partial charge in [0.15, 0.2) is 0 Å². The third-order valence-electron chi connectivity index (χ3n) is 1.67. The summed E-state index contributed by atoms with van der Waals surface area (Å²) in [6.07, 6.45) is 1.52. The molecule has 4 nitrogen and oxygen atoms in total. The third-order valence-corrected chi connectivity index (χ3v) is 1.67. The van der Waals surface area contributed by atoms with Crippen LogP contribution in [0, 0.1) is 0 Å².